The van der Waals surface area contributed by atoms with Crippen LogP contribution in [0, 0.1) is 0 Å². The maximum atomic E-state index is 13.6. The van der Waals surface area contributed by atoms with E-state index in [1.54, 1.807) is 7.05 Å². The zero-order valence-electron chi connectivity index (χ0n) is 19.5. The first-order valence-corrected chi connectivity index (χ1v) is 13.7. The third kappa shape index (κ3) is 4.37. The van der Waals surface area contributed by atoms with Crippen LogP contribution in [0.2, 0.25) is 0 Å². The first-order valence-electron chi connectivity index (χ1n) is 10.9. The highest BCUT2D eigenvalue weighted by molar-refractivity contribution is 7.91. The van der Waals surface area contributed by atoms with Gasteiger partial charge in [0.05, 0.1) is 33.3 Å². The molecule has 1 aliphatic rings. The highest BCUT2D eigenvalue weighted by Crippen LogP contribution is 2.35. The van der Waals surface area contributed by atoms with Gasteiger partial charge in [-0.15, -0.1) is 0 Å². The summed E-state index contributed by atoms with van der Waals surface area (Å²) in [6.45, 7) is 2.66. The number of sulfone groups is 1. The number of pyridine rings is 2. The van der Waals surface area contributed by atoms with Crippen LogP contribution in [0.25, 0.3) is 22.6 Å². The molecule has 0 aromatic carbocycles. The lowest BCUT2D eigenvalue weighted by Crippen LogP contribution is -2.28. The van der Waals surface area contributed by atoms with Crippen molar-refractivity contribution in [2.24, 2.45) is 7.05 Å². The van der Waals surface area contributed by atoms with Crippen LogP contribution in [-0.4, -0.2) is 49.8 Å². The van der Waals surface area contributed by atoms with Crippen molar-refractivity contribution in [3.05, 3.63) is 34.4 Å². The molecule has 3 heterocycles. The van der Waals surface area contributed by atoms with Gasteiger partial charge < -0.3 is 9.13 Å². The fourth-order valence-corrected chi connectivity index (χ4v) is 6.19. The van der Waals surface area contributed by atoms with Gasteiger partial charge in [-0.05, 0) is 31.9 Å². The third-order valence-electron chi connectivity index (χ3n) is 5.95. The topological polar surface area (TPSA) is 107 Å². The number of hydrogen-bond acceptors (Lipinski definition) is 6. The van der Waals surface area contributed by atoms with Crippen molar-refractivity contribution >= 4 is 37.5 Å². The lowest BCUT2D eigenvalue weighted by molar-refractivity contribution is -0.144. The summed E-state index contributed by atoms with van der Waals surface area (Å²) in [6.07, 6.45) is -1.80. The Hall–Kier alpha value is -2.74. The molecule has 0 radical (unpaired) electrons. The summed E-state index contributed by atoms with van der Waals surface area (Å²) in [7, 11) is -2.23. The standard InChI is InChI=1S/C21H24F3N5O4S2/c1-5-29-16(21(22,23)24)10-14-18(20(29)30)27(3)19(26-14)17-15(35(32,33)6-2)9-12(11-25-17)28(4)34(31)13-7-8-13/h9-11,13H,5-8H2,1-4H3. The minimum atomic E-state index is -4.78. The molecule has 0 N–H and O–H groups in total. The van der Waals surface area contributed by atoms with Crippen molar-refractivity contribution in [3.8, 4) is 11.5 Å². The lowest BCUT2D eigenvalue weighted by atomic mass is 10.3. The number of nitrogens with zero attached hydrogens (tertiary/aromatic N) is 5. The molecule has 4 rings (SSSR count). The first kappa shape index (κ1) is 25.4. The van der Waals surface area contributed by atoms with E-state index in [0.29, 0.717) is 10.3 Å². The van der Waals surface area contributed by atoms with Gasteiger partial charge in [-0.3, -0.25) is 9.10 Å². The average Bonchev–Trinajstić information content (AvgIpc) is 3.60. The van der Waals surface area contributed by atoms with Gasteiger partial charge in [0.2, 0.25) is 0 Å². The average molecular weight is 532 g/mol. The van der Waals surface area contributed by atoms with Crippen LogP contribution in [0.4, 0.5) is 18.9 Å². The molecule has 1 aliphatic carbocycles. The van der Waals surface area contributed by atoms with Crippen LogP contribution < -0.4 is 9.86 Å². The molecule has 35 heavy (non-hydrogen) atoms. The molecule has 1 saturated carbocycles. The molecule has 3 aromatic rings. The zero-order chi connectivity index (χ0) is 25.9. The van der Waals surface area contributed by atoms with E-state index in [9.17, 15) is 30.6 Å². The molecule has 0 aliphatic heterocycles. The van der Waals surface area contributed by atoms with Crippen molar-refractivity contribution in [1.29, 1.82) is 0 Å². The monoisotopic (exact) mass is 531 g/mol. The van der Waals surface area contributed by atoms with Gasteiger partial charge in [0.25, 0.3) is 5.56 Å². The number of halogens is 3. The largest absolute Gasteiger partial charge is 0.431 e. The normalized spacial score (nSPS) is 15.5. The summed E-state index contributed by atoms with van der Waals surface area (Å²) in [5.74, 6) is -0.339. The summed E-state index contributed by atoms with van der Waals surface area (Å²) in [4.78, 5) is 21.2. The molecule has 9 nitrogen and oxygen atoms in total. The number of anilines is 1. The molecule has 0 spiro atoms. The maximum Gasteiger partial charge on any atom is 0.431 e. The Morgan fingerprint density at radius 2 is 1.89 bits per heavy atom. The summed E-state index contributed by atoms with van der Waals surface area (Å²) < 4.78 is 82.6. The fraction of sp³-hybridized carbons (Fsp3) is 0.476. The van der Waals surface area contributed by atoms with E-state index in [-0.39, 0.29) is 45.0 Å². The highest BCUT2D eigenvalue weighted by atomic mass is 32.2. The molecule has 3 aromatic heterocycles. The van der Waals surface area contributed by atoms with E-state index < -0.39 is 38.3 Å². The van der Waals surface area contributed by atoms with Gasteiger partial charge in [-0.1, -0.05) is 6.92 Å². The summed E-state index contributed by atoms with van der Waals surface area (Å²) in [5, 5.41) is 0.00862. The van der Waals surface area contributed by atoms with Crippen LogP contribution in [0.1, 0.15) is 32.4 Å². The molecule has 190 valence electrons. The van der Waals surface area contributed by atoms with Gasteiger partial charge in [0.1, 0.15) is 27.9 Å². The Labute approximate surface area is 202 Å². The van der Waals surface area contributed by atoms with Crippen molar-refractivity contribution in [3.63, 3.8) is 0 Å². The summed E-state index contributed by atoms with van der Waals surface area (Å²) >= 11 is 0. The number of hydrogen-bond donors (Lipinski definition) is 0. The molecule has 0 bridgehead atoms. The Bertz CT molecular complexity index is 1510. The minimum absolute atomic E-state index is 0.00862. The van der Waals surface area contributed by atoms with Gasteiger partial charge >= 0.3 is 6.18 Å². The van der Waals surface area contributed by atoms with E-state index in [0.717, 1.165) is 18.9 Å². The lowest BCUT2D eigenvalue weighted by Gasteiger charge is -2.19. The first-order chi connectivity index (χ1) is 16.3. The van der Waals surface area contributed by atoms with Crippen molar-refractivity contribution in [1.82, 2.24) is 19.1 Å². The number of aryl methyl sites for hydroxylation is 1. The number of fused-ring (bicyclic) bond motifs is 1. The van der Waals surface area contributed by atoms with Crippen LogP contribution in [-0.2, 0) is 40.6 Å². The van der Waals surface area contributed by atoms with Gasteiger partial charge in [-0.25, -0.2) is 22.6 Å². The van der Waals surface area contributed by atoms with Gasteiger partial charge in [-0.2, -0.15) is 13.2 Å². The predicted molar refractivity (Wildman–Crippen MR) is 126 cm³/mol. The third-order valence-corrected chi connectivity index (χ3v) is 9.48. The Morgan fingerprint density at radius 1 is 1.23 bits per heavy atom. The molecule has 1 atom stereocenters. The molecule has 14 heteroatoms. The Kier molecular flexibility index (Phi) is 6.32. The second kappa shape index (κ2) is 8.73. The molecular formula is C21H24F3N5O4S2. The Balaban J connectivity index is 1.97. The van der Waals surface area contributed by atoms with Crippen LogP contribution in [0.3, 0.4) is 0 Å². The number of imidazole rings is 1. The van der Waals surface area contributed by atoms with E-state index >= 15 is 0 Å². The summed E-state index contributed by atoms with van der Waals surface area (Å²) in [6, 6.07) is 2.12. The second-order valence-corrected chi connectivity index (χ2v) is 12.2. The molecule has 0 saturated heterocycles. The van der Waals surface area contributed by atoms with E-state index in [1.165, 1.54) is 42.0 Å². The van der Waals surface area contributed by atoms with Crippen LogP contribution in [0.5, 0.6) is 0 Å². The molecule has 1 fully saturated rings. The quantitative estimate of drug-likeness (QED) is 0.464. The maximum absolute atomic E-state index is 13.6. The predicted octanol–water partition coefficient (Wildman–Crippen LogP) is 2.89. The van der Waals surface area contributed by atoms with E-state index in [1.807, 2.05) is 0 Å². The SMILES string of the molecule is CCn1c(C(F)(F)F)cc2nc(-c3ncc(N(C)S(=O)C4CC4)cc3S(=O)(=O)CC)n(C)c2c1=O. The smallest absolute Gasteiger partial charge is 0.321 e. The number of alkyl halides is 3. The summed E-state index contributed by atoms with van der Waals surface area (Å²) in [5.41, 5.74) is -2.14. The molecular weight excluding hydrogens is 507 g/mol. The van der Waals surface area contributed by atoms with Crippen molar-refractivity contribution in [2.45, 2.75) is 49.6 Å². The van der Waals surface area contributed by atoms with E-state index in [2.05, 4.69) is 9.97 Å². The van der Waals surface area contributed by atoms with Crippen LogP contribution >= 0.6 is 0 Å². The van der Waals surface area contributed by atoms with Crippen LogP contribution in [0.15, 0.2) is 28.0 Å². The zero-order valence-corrected chi connectivity index (χ0v) is 21.1. The van der Waals surface area contributed by atoms with E-state index in [4.69, 9.17) is 0 Å². The molecule has 0 amide bonds. The minimum Gasteiger partial charge on any atom is -0.321 e. The van der Waals surface area contributed by atoms with Crippen molar-refractivity contribution in [2.75, 3.05) is 17.1 Å². The molecule has 1 unspecified atom stereocenters. The highest BCUT2D eigenvalue weighted by Gasteiger charge is 2.36. The Morgan fingerprint density at radius 3 is 2.43 bits per heavy atom. The second-order valence-electron chi connectivity index (χ2n) is 8.22. The number of aromatic nitrogens is 4. The van der Waals surface area contributed by atoms with Gasteiger partial charge in [0, 0.05) is 20.6 Å². The van der Waals surface area contributed by atoms with Gasteiger partial charge in [0.15, 0.2) is 15.7 Å². The number of rotatable bonds is 7. The fourth-order valence-electron chi connectivity index (χ4n) is 3.84. The van der Waals surface area contributed by atoms with Crippen molar-refractivity contribution < 1.29 is 25.8 Å².